The number of amides is 1. The zero-order valence-electron chi connectivity index (χ0n) is 9.94. The number of anilines is 1. The molecule has 0 spiro atoms. The molecule has 0 aromatic heterocycles. The number of hydrogen-bond donors (Lipinski definition) is 2. The molecule has 1 unspecified atom stereocenters. The van der Waals surface area contributed by atoms with Gasteiger partial charge in [0.1, 0.15) is 5.75 Å². The molecule has 1 rings (SSSR count). The third-order valence-electron chi connectivity index (χ3n) is 2.17. The second kappa shape index (κ2) is 7.19. The van der Waals surface area contributed by atoms with Crippen molar-refractivity contribution in [1.82, 2.24) is 0 Å². The molecule has 1 aromatic carbocycles. The number of nitrogens with two attached hydrogens (primary N) is 1. The van der Waals surface area contributed by atoms with E-state index in [9.17, 15) is 9.00 Å². The van der Waals surface area contributed by atoms with Crippen molar-refractivity contribution in [2.45, 2.75) is 19.9 Å². The summed E-state index contributed by atoms with van der Waals surface area (Å²) in [4.78, 5) is 11.6. The summed E-state index contributed by atoms with van der Waals surface area (Å²) in [6.45, 7) is 2.38. The van der Waals surface area contributed by atoms with Crippen LogP contribution in [0, 0.1) is 0 Å². The molecule has 0 aliphatic carbocycles. The quantitative estimate of drug-likeness (QED) is 0.802. The molecule has 0 fully saturated rings. The fourth-order valence-electron chi connectivity index (χ4n) is 1.42. The number of carbonyl (C=O) groups excluding carboxylic acids is 1. The summed E-state index contributed by atoms with van der Waals surface area (Å²) in [6, 6.07) is 7.34. The fourth-order valence-corrected chi connectivity index (χ4v) is 2.38. The molecule has 0 saturated heterocycles. The van der Waals surface area contributed by atoms with Gasteiger partial charge < -0.3 is 11.1 Å². The van der Waals surface area contributed by atoms with Crippen LogP contribution in [-0.2, 0) is 22.1 Å². The molecule has 1 amide bonds. The van der Waals surface area contributed by atoms with Crippen molar-refractivity contribution >= 4 is 22.4 Å². The predicted octanol–water partition coefficient (Wildman–Crippen LogP) is 1.24. The third kappa shape index (κ3) is 5.10. The van der Waals surface area contributed by atoms with Gasteiger partial charge in [-0.2, -0.15) is 0 Å². The van der Waals surface area contributed by atoms with Gasteiger partial charge in [0.15, 0.2) is 0 Å². The number of nitrogens with one attached hydrogen (secondary N) is 1. The minimum Gasteiger partial charge on any atom is -0.326 e. The van der Waals surface area contributed by atoms with Gasteiger partial charge in [0.25, 0.3) is 0 Å². The molecular weight excluding hydrogens is 236 g/mol. The topological polar surface area (TPSA) is 72.2 Å². The maximum atomic E-state index is 11.6. The van der Waals surface area contributed by atoms with E-state index < -0.39 is 10.8 Å². The predicted molar refractivity (Wildman–Crippen MR) is 71.1 cm³/mol. The highest BCUT2D eigenvalue weighted by Crippen LogP contribution is 2.10. The normalized spacial score (nSPS) is 12.1. The van der Waals surface area contributed by atoms with Crippen molar-refractivity contribution in [3.8, 4) is 0 Å². The molecule has 1 aromatic rings. The second-order valence-corrected chi connectivity index (χ2v) is 5.32. The van der Waals surface area contributed by atoms with Crippen LogP contribution in [0.4, 0.5) is 5.69 Å². The lowest BCUT2D eigenvalue weighted by Crippen LogP contribution is -2.20. The Kier molecular flexibility index (Phi) is 5.86. The van der Waals surface area contributed by atoms with E-state index in [-0.39, 0.29) is 11.7 Å². The van der Waals surface area contributed by atoms with Gasteiger partial charge in [-0.05, 0) is 24.1 Å². The van der Waals surface area contributed by atoms with Crippen LogP contribution in [0.3, 0.4) is 0 Å². The molecule has 4 nitrogen and oxygen atoms in total. The smallest absolute Gasteiger partial charge is 0.236 e. The highest BCUT2D eigenvalue weighted by atomic mass is 32.2. The first-order valence-electron chi connectivity index (χ1n) is 5.59. The van der Waals surface area contributed by atoms with Crippen LogP contribution < -0.4 is 11.1 Å². The van der Waals surface area contributed by atoms with Crippen LogP contribution >= 0.6 is 0 Å². The molecule has 0 heterocycles. The largest absolute Gasteiger partial charge is 0.326 e. The van der Waals surface area contributed by atoms with E-state index in [0.29, 0.717) is 18.0 Å². The van der Waals surface area contributed by atoms with Gasteiger partial charge in [-0.1, -0.05) is 19.1 Å². The van der Waals surface area contributed by atoms with Crippen molar-refractivity contribution in [1.29, 1.82) is 0 Å². The molecule has 0 aliphatic heterocycles. The van der Waals surface area contributed by atoms with E-state index in [1.807, 2.05) is 25.1 Å². The lowest BCUT2D eigenvalue weighted by atomic mass is 10.2. The monoisotopic (exact) mass is 254 g/mol. The average molecular weight is 254 g/mol. The minimum absolute atomic E-state index is 0.0562. The number of rotatable bonds is 6. The van der Waals surface area contributed by atoms with E-state index in [1.54, 1.807) is 6.07 Å². The molecule has 0 bridgehead atoms. The minimum atomic E-state index is -1.07. The molecule has 5 heteroatoms. The van der Waals surface area contributed by atoms with Crippen molar-refractivity contribution in [2.24, 2.45) is 5.73 Å². The lowest BCUT2D eigenvalue weighted by molar-refractivity contribution is -0.113. The Labute approximate surface area is 104 Å². The summed E-state index contributed by atoms with van der Waals surface area (Å²) in [6.07, 6.45) is 0.822. The number of carbonyl (C=O) groups is 1. The molecule has 1 atom stereocenters. The maximum Gasteiger partial charge on any atom is 0.236 e. The van der Waals surface area contributed by atoms with E-state index >= 15 is 0 Å². The summed E-state index contributed by atoms with van der Waals surface area (Å²) in [5, 5.41) is 2.72. The number of benzene rings is 1. The van der Waals surface area contributed by atoms with Crippen LogP contribution in [-0.4, -0.2) is 21.6 Å². The highest BCUT2D eigenvalue weighted by Gasteiger charge is 2.07. The van der Waals surface area contributed by atoms with Gasteiger partial charge >= 0.3 is 0 Å². The standard InChI is InChI=1S/C12H18N2O2S/c1-2-6-17(16)9-12(15)14-11-5-3-4-10(7-11)8-13/h3-5,7H,2,6,8-9,13H2,1H3,(H,14,15). The lowest BCUT2D eigenvalue weighted by Gasteiger charge is -2.06. The van der Waals surface area contributed by atoms with Gasteiger partial charge in [0.05, 0.1) is 0 Å². The van der Waals surface area contributed by atoms with Gasteiger partial charge in [0, 0.05) is 28.8 Å². The summed E-state index contributed by atoms with van der Waals surface area (Å²) in [5.41, 5.74) is 7.16. The van der Waals surface area contributed by atoms with E-state index in [1.165, 1.54) is 0 Å². The molecule has 0 radical (unpaired) electrons. The van der Waals surface area contributed by atoms with Gasteiger partial charge in [-0.25, -0.2) is 0 Å². The summed E-state index contributed by atoms with van der Waals surface area (Å²) >= 11 is 0. The van der Waals surface area contributed by atoms with E-state index in [2.05, 4.69) is 5.32 Å². The molecule has 17 heavy (non-hydrogen) atoms. The van der Waals surface area contributed by atoms with Gasteiger partial charge in [-0.15, -0.1) is 0 Å². The van der Waals surface area contributed by atoms with Gasteiger partial charge in [0.2, 0.25) is 5.91 Å². The van der Waals surface area contributed by atoms with Crippen molar-refractivity contribution in [3.05, 3.63) is 29.8 Å². The molecule has 0 saturated carbocycles. The second-order valence-electron chi connectivity index (χ2n) is 3.74. The Morgan fingerprint density at radius 1 is 1.47 bits per heavy atom. The maximum absolute atomic E-state index is 11.6. The van der Waals surface area contributed by atoms with Gasteiger partial charge in [-0.3, -0.25) is 9.00 Å². The zero-order valence-corrected chi connectivity index (χ0v) is 10.8. The molecular formula is C12H18N2O2S. The SMILES string of the molecule is CCCS(=O)CC(=O)Nc1cccc(CN)c1. The van der Waals surface area contributed by atoms with Crippen LogP contribution in [0.2, 0.25) is 0 Å². The first kappa shape index (κ1) is 13.9. The Morgan fingerprint density at radius 2 is 2.24 bits per heavy atom. The average Bonchev–Trinajstić information content (AvgIpc) is 2.29. The Hall–Kier alpha value is -1.20. The summed E-state index contributed by atoms with van der Waals surface area (Å²) in [5.74, 6) is 0.405. The fraction of sp³-hybridized carbons (Fsp3) is 0.417. The van der Waals surface area contributed by atoms with E-state index in [4.69, 9.17) is 5.73 Å². The summed E-state index contributed by atoms with van der Waals surface area (Å²) < 4.78 is 11.4. The molecule has 3 N–H and O–H groups in total. The van der Waals surface area contributed by atoms with Crippen LogP contribution in [0.1, 0.15) is 18.9 Å². The molecule has 94 valence electrons. The zero-order chi connectivity index (χ0) is 12.7. The van der Waals surface area contributed by atoms with E-state index in [0.717, 1.165) is 12.0 Å². The first-order chi connectivity index (χ1) is 8.15. The third-order valence-corrected chi connectivity index (χ3v) is 3.62. The Balaban J connectivity index is 2.52. The van der Waals surface area contributed by atoms with Crippen LogP contribution in [0.5, 0.6) is 0 Å². The van der Waals surface area contributed by atoms with Crippen LogP contribution in [0.15, 0.2) is 24.3 Å². The summed E-state index contributed by atoms with van der Waals surface area (Å²) in [7, 11) is -1.07. The molecule has 0 aliphatic rings. The van der Waals surface area contributed by atoms with Crippen LogP contribution in [0.25, 0.3) is 0 Å². The Morgan fingerprint density at radius 3 is 2.88 bits per heavy atom. The Bertz CT molecular complexity index is 407. The first-order valence-corrected chi connectivity index (χ1v) is 7.08. The highest BCUT2D eigenvalue weighted by molar-refractivity contribution is 7.85. The van der Waals surface area contributed by atoms with Crippen molar-refractivity contribution < 1.29 is 9.00 Å². The van der Waals surface area contributed by atoms with Crippen molar-refractivity contribution in [3.63, 3.8) is 0 Å². The number of hydrogen-bond acceptors (Lipinski definition) is 3. The van der Waals surface area contributed by atoms with Crippen molar-refractivity contribution in [2.75, 3.05) is 16.8 Å².